The van der Waals surface area contributed by atoms with Gasteiger partial charge in [-0.15, -0.1) is 0 Å². The molecule has 116 valence electrons. The van der Waals surface area contributed by atoms with Gasteiger partial charge in [0, 0.05) is 17.1 Å². The summed E-state index contributed by atoms with van der Waals surface area (Å²) in [4.78, 5) is 2.50. The molecule has 1 atom stereocenters. The summed E-state index contributed by atoms with van der Waals surface area (Å²) in [6, 6.07) is 4.45. The molecular formula is C16H23BrN2O2. The minimum atomic E-state index is 0.313. The largest absolute Gasteiger partial charge is 0.486 e. The van der Waals surface area contributed by atoms with Crippen LogP contribution in [0.5, 0.6) is 11.5 Å². The van der Waals surface area contributed by atoms with Crippen molar-refractivity contribution in [2.45, 2.75) is 32.4 Å². The van der Waals surface area contributed by atoms with Gasteiger partial charge in [-0.1, -0.05) is 15.9 Å². The maximum atomic E-state index is 6.01. The Hall–Kier alpha value is -0.780. The SMILES string of the molecule is CC(N)C1CCN(Cc2cc3c(cc2Br)OCCO3)CC1. The molecule has 5 heteroatoms. The second-order valence-electron chi connectivity index (χ2n) is 6.06. The third-order valence-corrected chi connectivity index (χ3v) is 5.22. The molecule has 1 aromatic carbocycles. The van der Waals surface area contributed by atoms with E-state index in [9.17, 15) is 0 Å². The number of hydrogen-bond acceptors (Lipinski definition) is 4. The number of nitrogens with zero attached hydrogens (tertiary/aromatic N) is 1. The highest BCUT2D eigenvalue weighted by Gasteiger charge is 2.23. The van der Waals surface area contributed by atoms with Crippen molar-refractivity contribution in [3.63, 3.8) is 0 Å². The van der Waals surface area contributed by atoms with Gasteiger partial charge in [-0.2, -0.15) is 0 Å². The predicted molar refractivity (Wildman–Crippen MR) is 86.8 cm³/mol. The third-order valence-electron chi connectivity index (χ3n) is 4.48. The van der Waals surface area contributed by atoms with Crippen LogP contribution < -0.4 is 15.2 Å². The number of nitrogens with two attached hydrogens (primary N) is 1. The van der Waals surface area contributed by atoms with Crippen molar-refractivity contribution in [2.24, 2.45) is 11.7 Å². The fourth-order valence-electron chi connectivity index (χ4n) is 3.10. The van der Waals surface area contributed by atoms with E-state index in [2.05, 4.69) is 33.8 Å². The van der Waals surface area contributed by atoms with E-state index in [1.54, 1.807) is 0 Å². The molecular weight excluding hydrogens is 332 g/mol. The second-order valence-corrected chi connectivity index (χ2v) is 6.91. The Balaban J connectivity index is 1.65. The lowest BCUT2D eigenvalue weighted by molar-refractivity contribution is 0.162. The van der Waals surface area contributed by atoms with Gasteiger partial charge in [0.1, 0.15) is 13.2 Å². The molecule has 0 saturated carbocycles. The molecule has 2 N–H and O–H groups in total. The molecule has 4 nitrogen and oxygen atoms in total. The predicted octanol–water partition coefficient (Wildman–Crippen LogP) is 2.78. The highest BCUT2D eigenvalue weighted by Crippen LogP contribution is 2.36. The first kappa shape index (κ1) is 15.1. The van der Waals surface area contributed by atoms with E-state index in [1.807, 2.05) is 6.07 Å². The van der Waals surface area contributed by atoms with Gasteiger partial charge < -0.3 is 15.2 Å². The van der Waals surface area contributed by atoms with Crippen LogP contribution in [0, 0.1) is 5.92 Å². The van der Waals surface area contributed by atoms with Gasteiger partial charge in [-0.3, -0.25) is 4.90 Å². The second kappa shape index (κ2) is 6.55. The molecule has 0 bridgehead atoms. The standard InChI is InChI=1S/C16H23BrN2O2/c1-11(18)12-2-4-19(5-3-12)10-13-8-15-16(9-14(13)17)21-7-6-20-15/h8-9,11-12H,2-7,10,18H2,1H3. The van der Waals surface area contributed by atoms with Gasteiger partial charge in [0.2, 0.25) is 0 Å². The Kier molecular flexibility index (Phi) is 4.72. The fraction of sp³-hybridized carbons (Fsp3) is 0.625. The van der Waals surface area contributed by atoms with Crippen LogP contribution in [0.3, 0.4) is 0 Å². The molecule has 0 aromatic heterocycles. The van der Waals surface area contributed by atoms with Crippen LogP contribution in [0.1, 0.15) is 25.3 Å². The van der Waals surface area contributed by atoms with Crippen molar-refractivity contribution < 1.29 is 9.47 Å². The Labute approximate surface area is 134 Å². The van der Waals surface area contributed by atoms with Gasteiger partial charge >= 0.3 is 0 Å². The van der Waals surface area contributed by atoms with Crippen molar-refractivity contribution >= 4 is 15.9 Å². The number of ether oxygens (including phenoxy) is 2. The third kappa shape index (κ3) is 3.52. The molecule has 1 unspecified atom stereocenters. The molecule has 1 saturated heterocycles. The smallest absolute Gasteiger partial charge is 0.162 e. The van der Waals surface area contributed by atoms with Crippen molar-refractivity contribution in [2.75, 3.05) is 26.3 Å². The first-order valence-electron chi connectivity index (χ1n) is 7.69. The summed E-state index contributed by atoms with van der Waals surface area (Å²) in [5.74, 6) is 2.38. The highest BCUT2D eigenvalue weighted by molar-refractivity contribution is 9.10. The van der Waals surface area contributed by atoms with Gasteiger partial charge in [-0.25, -0.2) is 0 Å². The topological polar surface area (TPSA) is 47.7 Å². The molecule has 21 heavy (non-hydrogen) atoms. The molecule has 1 fully saturated rings. The zero-order valence-electron chi connectivity index (χ0n) is 12.5. The molecule has 2 heterocycles. The zero-order chi connectivity index (χ0) is 14.8. The van der Waals surface area contributed by atoms with E-state index in [4.69, 9.17) is 15.2 Å². The number of rotatable bonds is 3. The van der Waals surface area contributed by atoms with Crippen LogP contribution in [0.4, 0.5) is 0 Å². The summed E-state index contributed by atoms with van der Waals surface area (Å²) in [5.41, 5.74) is 7.27. The molecule has 0 aliphatic carbocycles. The minimum absolute atomic E-state index is 0.313. The van der Waals surface area contributed by atoms with E-state index in [0.29, 0.717) is 25.2 Å². The highest BCUT2D eigenvalue weighted by atomic mass is 79.9. The van der Waals surface area contributed by atoms with Crippen molar-refractivity contribution in [3.05, 3.63) is 22.2 Å². The van der Waals surface area contributed by atoms with Gasteiger partial charge in [-0.05, 0) is 56.5 Å². The number of benzene rings is 1. The first-order valence-corrected chi connectivity index (χ1v) is 8.49. The summed E-state index contributed by atoms with van der Waals surface area (Å²) in [6.07, 6.45) is 2.39. The number of likely N-dealkylation sites (tertiary alicyclic amines) is 1. The molecule has 1 aromatic rings. The van der Waals surface area contributed by atoms with E-state index < -0.39 is 0 Å². The Morgan fingerprint density at radius 3 is 2.48 bits per heavy atom. The van der Waals surface area contributed by atoms with Crippen LogP contribution in [-0.2, 0) is 6.54 Å². The van der Waals surface area contributed by atoms with E-state index in [0.717, 1.165) is 35.6 Å². The summed E-state index contributed by atoms with van der Waals surface area (Å²) in [7, 11) is 0. The number of piperidine rings is 1. The van der Waals surface area contributed by atoms with E-state index in [-0.39, 0.29) is 0 Å². The number of halogens is 1. The van der Waals surface area contributed by atoms with Crippen LogP contribution in [0.2, 0.25) is 0 Å². The lowest BCUT2D eigenvalue weighted by atomic mass is 9.91. The van der Waals surface area contributed by atoms with Crippen molar-refractivity contribution in [3.8, 4) is 11.5 Å². The molecule has 2 aliphatic heterocycles. The van der Waals surface area contributed by atoms with E-state index in [1.165, 1.54) is 18.4 Å². The van der Waals surface area contributed by atoms with Crippen LogP contribution >= 0.6 is 15.9 Å². The van der Waals surface area contributed by atoms with Crippen molar-refractivity contribution in [1.82, 2.24) is 4.90 Å². The molecule has 0 spiro atoms. The van der Waals surface area contributed by atoms with Gasteiger partial charge in [0.05, 0.1) is 0 Å². The quantitative estimate of drug-likeness (QED) is 0.906. The van der Waals surface area contributed by atoms with Crippen LogP contribution in [0.25, 0.3) is 0 Å². The maximum Gasteiger partial charge on any atom is 0.162 e. The van der Waals surface area contributed by atoms with Crippen molar-refractivity contribution in [1.29, 1.82) is 0 Å². The maximum absolute atomic E-state index is 6.01. The number of hydrogen-bond donors (Lipinski definition) is 1. The summed E-state index contributed by atoms with van der Waals surface area (Å²) in [6.45, 7) is 6.57. The Morgan fingerprint density at radius 1 is 1.24 bits per heavy atom. The average Bonchev–Trinajstić information content (AvgIpc) is 2.48. The van der Waals surface area contributed by atoms with Gasteiger partial charge in [0.25, 0.3) is 0 Å². The zero-order valence-corrected chi connectivity index (χ0v) is 14.1. The molecule has 2 aliphatic rings. The average molecular weight is 355 g/mol. The first-order chi connectivity index (χ1) is 10.1. The number of fused-ring (bicyclic) bond motifs is 1. The Bertz CT molecular complexity index is 499. The summed E-state index contributed by atoms with van der Waals surface area (Å²) < 4.78 is 12.4. The Morgan fingerprint density at radius 2 is 1.86 bits per heavy atom. The lowest BCUT2D eigenvalue weighted by Crippen LogP contribution is -2.39. The molecule has 0 amide bonds. The summed E-state index contributed by atoms with van der Waals surface area (Å²) >= 11 is 3.66. The fourth-order valence-corrected chi connectivity index (χ4v) is 3.55. The van der Waals surface area contributed by atoms with Crippen LogP contribution in [0.15, 0.2) is 16.6 Å². The molecule has 0 radical (unpaired) electrons. The monoisotopic (exact) mass is 354 g/mol. The normalized spacial score (nSPS) is 21.3. The van der Waals surface area contributed by atoms with Crippen LogP contribution in [-0.4, -0.2) is 37.2 Å². The van der Waals surface area contributed by atoms with E-state index >= 15 is 0 Å². The van der Waals surface area contributed by atoms with Gasteiger partial charge in [0.15, 0.2) is 11.5 Å². The summed E-state index contributed by atoms with van der Waals surface area (Å²) in [5, 5.41) is 0. The lowest BCUT2D eigenvalue weighted by Gasteiger charge is -2.34. The molecule has 3 rings (SSSR count). The minimum Gasteiger partial charge on any atom is -0.486 e.